The van der Waals surface area contributed by atoms with Crippen molar-refractivity contribution >= 4 is 12.6 Å². The van der Waals surface area contributed by atoms with E-state index in [0.29, 0.717) is 28.3 Å². The first-order valence-corrected chi connectivity index (χ1v) is 6.23. The molecule has 0 aliphatic rings. The Hall–Kier alpha value is -2.64. The van der Waals surface area contributed by atoms with Gasteiger partial charge in [0.15, 0.2) is 0 Å². The van der Waals surface area contributed by atoms with E-state index in [0.717, 1.165) is 0 Å². The molecule has 2 aromatic carbocycles. The number of phenols is 1. The fourth-order valence-corrected chi connectivity index (χ4v) is 1.87. The minimum absolute atomic E-state index is 0.164. The summed E-state index contributed by atoms with van der Waals surface area (Å²) < 4.78 is 5.18. The van der Waals surface area contributed by atoms with Crippen LogP contribution in [0, 0.1) is 0 Å². The van der Waals surface area contributed by atoms with Gasteiger partial charge in [-0.3, -0.25) is 0 Å². The van der Waals surface area contributed by atoms with Crippen LogP contribution in [-0.4, -0.2) is 32.4 Å². The van der Waals surface area contributed by atoms with Crippen LogP contribution in [0.5, 0.6) is 5.75 Å². The normalized spacial score (nSPS) is 10.6. The van der Waals surface area contributed by atoms with Crippen molar-refractivity contribution in [1.29, 1.82) is 0 Å². The Labute approximate surface area is 120 Å². The Balaban J connectivity index is 1.89. The van der Waals surface area contributed by atoms with Gasteiger partial charge in [0.05, 0.1) is 0 Å². The minimum atomic E-state index is -1.50. The van der Waals surface area contributed by atoms with Crippen LogP contribution >= 0.6 is 0 Å². The molecule has 1 heterocycles. The number of phenolic OH excluding ortho intramolecular Hbond substituents is 1. The quantitative estimate of drug-likeness (QED) is 0.614. The van der Waals surface area contributed by atoms with Crippen LogP contribution in [0.15, 0.2) is 53.1 Å². The second-order valence-corrected chi connectivity index (χ2v) is 4.47. The fourth-order valence-electron chi connectivity index (χ4n) is 1.87. The Morgan fingerprint density at radius 3 is 2.10 bits per heavy atom. The summed E-state index contributed by atoms with van der Waals surface area (Å²) >= 11 is 0. The average Bonchev–Trinajstić information content (AvgIpc) is 2.98. The van der Waals surface area contributed by atoms with Gasteiger partial charge in [-0.1, -0.05) is 29.4 Å². The summed E-state index contributed by atoms with van der Waals surface area (Å²) in [6, 6.07) is 13.0. The van der Waals surface area contributed by atoms with E-state index in [9.17, 15) is 5.11 Å². The van der Waals surface area contributed by atoms with E-state index in [1.807, 2.05) is 0 Å². The topological polar surface area (TPSA) is 99.6 Å². The SMILES string of the molecule is OB(O)c1ccc(-c2noc(-c3ccc(O)cc3)n2)cc1. The van der Waals surface area contributed by atoms with Crippen molar-refractivity contribution in [2.75, 3.05) is 0 Å². The van der Waals surface area contributed by atoms with Crippen LogP contribution in [0.4, 0.5) is 0 Å². The maximum atomic E-state index is 9.25. The highest BCUT2D eigenvalue weighted by Crippen LogP contribution is 2.23. The highest BCUT2D eigenvalue weighted by molar-refractivity contribution is 6.58. The summed E-state index contributed by atoms with van der Waals surface area (Å²) in [5.74, 6) is 0.907. The summed E-state index contributed by atoms with van der Waals surface area (Å²) in [7, 11) is -1.50. The van der Waals surface area contributed by atoms with E-state index in [1.165, 1.54) is 12.1 Å². The lowest BCUT2D eigenvalue weighted by Crippen LogP contribution is -2.29. The van der Waals surface area contributed by atoms with Crippen LogP contribution in [0.2, 0.25) is 0 Å². The number of benzene rings is 2. The lowest BCUT2D eigenvalue weighted by Gasteiger charge is -1.99. The van der Waals surface area contributed by atoms with Crippen LogP contribution in [0.25, 0.3) is 22.8 Å². The minimum Gasteiger partial charge on any atom is -0.508 e. The number of aromatic hydroxyl groups is 1. The van der Waals surface area contributed by atoms with Crippen molar-refractivity contribution in [3.63, 3.8) is 0 Å². The number of hydrogen-bond acceptors (Lipinski definition) is 6. The lowest BCUT2D eigenvalue weighted by molar-refractivity contribution is 0.426. The Bertz CT molecular complexity index is 738. The molecule has 0 spiro atoms. The third-order valence-electron chi connectivity index (χ3n) is 3.01. The van der Waals surface area contributed by atoms with Crippen molar-refractivity contribution < 1.29 is 19.7 Å². The summed E-state index contributed by atoms with van der Waals surface area (Å²) in [6.07, 6.45) is 0. The Kier molecular flexibility index (Phi) is 3.43. The number of aromatic nitrogens is 2. The molecule has 0 aliphatic carbocycles. The van der Waals surface area contributed by atoms with Crippen molar-refractivity contribution in [3.8, 4) is 28.6 Å². The van der Waals surface area contributed by atoms with E-state index >= 15 is 0 Å². The maximum absolute atomic E-state index is 9.25. The predicted molar refractivity (Wildman–Crippen MR) is 76.7 cm³/mol. The van der Waals surface area contributed by atoms with Crippen LogP contribution < -0.4 is 5.46 Å². The zero-order valence-electron chi connectivity index (χ0n) is 10.8. The second kappa shape index (κ2) is 5.39. The van der Waals surface area contributed by atoms with Gasteiger partial charge in [0, 0.05) is 11.1 Å². The van der Waals surface area contributed by atoms with Gasteiger partial charge in [-0.2, -0.15) is 4.98 Å². The predicted octanol–water partition coefficient (Wildman–Crippen LogP) is 0.789. The Morgan fingerprint density at radius 1 is 0.857 bits per heavy atom. The van der Waals surface area contributed by atoms with Crippen LogP contribution in [0.1, 0.15) is 0 Å². The Morgan fingerprint density at radius 2 is 1.48 bits per heavy atom. The van der Waals surface area contributed by atoms with Crippen molar-refractivity contribution in [2.45, 2.75) is 0 Å². The molecule has 0 fully saturated rings. The highest BCUT2D eigenvalue weighted by atomic mass is 16.5. The van der Waals surface area contributed by atoms with Crippen molar-refractivity contribution in [2.24, 2.45) is 0 Å². The summed E-state index contributed by atoms with van der Waals surface area (Å²) in [5.41, 5.74) is 1.79. The molecule has 104 valence electrons. The largest absolute Gasteiger partial charge is 0.508 e. The molecule has 7 heteroatoms. The second-order valence-electron chi connectivity index (χ2n) is 4.47. The molecular formula is C14H11BN2O4. The molecule has 21 heavy (non-hydrogen) atoms. The van der Waals surface area contributed by atoms with Gasteiger partial charge in [-0.15, -0.1) is 0 Å². The van der Waals surface area contributed by atoms with E-state index in [2.05, 4.69) is 10.1 Å². The smallest absolute Gasteiger partial charge is 0.488 e. The molecule has 0 aliphatic heterocycles. The molecule has 1 aromatic heterocycles. The summed E-state index contributed by atoms with van der Waals surface area (Å²) in [6.45, 7) is 0. The number of rotatable bonds is 3. The van der Waals surface area contributed by atoms with Gasteiger partial charge < -0.3 is 19.7 Å². The monoisotopic (exact) mass is 282 g/mol. The number of nitrogens with zero attached hydrogens (tertiary/aromatic N) is 2. The van der Waals surface area contributed by atoms with Gasteiger partial charge in [0.25, 0.3) is 5.89 Å². The van der Waals surface area contributed by atoms with Gasteiger partial charge in [-0.25, -0.2) is 0 Å². The molecule has 0 atom stereocenters. The first-order chi connectivity index (χ1) is 10.1. The first kappa shape index (κ1) is 13.4. The van der Waals surface area contributed by atoms with Gasteiger partial charge >= 0.3 is 7.12 Å². The van der Waals surface area contributed by atoms with Gasteiger partial charge in [-0.05, 0) is 29.7 Å². The molecule has 0 radical (unpaired) electrons. The molecule has 0 amide bonds. The molecule has 0 bridgehead atoms. The maximum Gasteiger partial charge on any atom is 0.488 e. The average molecular weight is 282 g/mol. The van der Waals surface area contributed by atoms with E-state index in [1.54, 1.807) is 36.4 Å². The lowest BCUT2D eigenvalue weighted by atomic mass is 9.80. The molecular weight excluding hydrogens is 271 g/mol. The third kappa shape index (κ3) is 2.79. The van der Waals surface area contributed by atoms with Crippen LogP contribution in [-0.2, 0) is 0 Å². The van der Waals surface area contributed by atoms with Gasteiger partial charge in [0.2, 0.25) is 5.82 Å². The van der Waals surface area contributed by atoms with Crippen molar-refractivity contribution in [3.05, 3.63) is 48.5 Å². The van der Waals surface area contributed by atoms with Crippen LogP contribution in [0.3, 0.4) is 0 Å². The molecule has 3 N–H and O–H groups in total. The molecule has 0 unspecified atom stereocenters. The zero-order chi connectivity index (χ0) is 14.8. The van der Waals surface area contributed by atoms with E-state index in [4.69, 9.17) is 14.6 Å². The highest BCUT2D eigenvalue weighted by Gasteiger charge is 2.13. The molecule has 6 nitrogen and oxygen atoms in total. The third-order valence-corrected chi connectivity index (χ3v) is 3.01. The van der Waals surface area contributed by atoms with E-state index in [-0.39, 0.29) is 5.75 Å². The summed E-state index contributed by atoms with van der Waals surface area (Å²) in [4.78, 5) is 4.27. The van der Waals surface area contributed by atoms with E-state index < -0.39 is 7.12 Å². The zero-order valence-corrected chi connectivity index (χ0v) is 10.8. The molecule has 3 rings (SSSR count). The first-order valence-electron chi connectivity index (χ1n) is 6.23. The number of hydrogen-bond donors (Lipinski definition) is 3. The standard InChI is InChI=1S/C14H11BN2O4/c18-12-7-3-10(4-8-12)14-16-13(17-21-14)9-1-5-11(6-2-9)15(19)20/h1-8,18-20H. The van der Waals surface area contributed by atoms with Crippen molar-refractivity contribution in [1.82, 2.24) is 10.1 Å². The fraction of sp³-hybridized carbons (Fsp3) is 0. The summed E-state index contributed by atoms with van der Waals surface area (Å²) in [5, 5.41) is 31.2. The molecule has 3 aromatic rings. The molecule has 0 saturated heterocycles. The van der Waals surface area contributed by atoms with Gasteiger partial charge in [0.1, 0.15) is 5.75 Å². The molecule has 0 saturated carbocycles.